The molecule has 1 N–H and O–H groups in total. The number of benzene rings is 1. The summed E-state index contributed by atoms with van der Waals surface area (Å²) in [6, 6.07) is 6.89. The largest absolute Gasteiger partial charge is 0.372 e. The first kappa shape index (κ1) is 19.9. The summed E-state index contributed by atoms with van der Waals surface area (Å²) in [7, 11) is -3.51. The number of carbonyl (C=O) groups excluding carboxylic acids is 1. The highest BCUT2D eigenvalue weighted by atomic mass is 32.2. The third-order valence-electron chi connectivity index (χ3n) is 5.72. The third kappa shape index (κ3) is 3.90. The summed E-state index contributed by atoms with van der Waals surface area (Å²) in [5, 5.41) is 2.86. The molecular weight excluding hydrogens is 392 g/mol. The first-order valence-corrected chi connectivity index (χ1v) is 11.1. The van der Waals surface area contributed by atoms with E-state index < -0.39 is 15.6 Å². The van der Waals surface area contributed by atoms with Crippen LogP contribution in [0, 0.1) is 12.8 Å². The maximum atomic E-state index is 12.8. The first-order chi connectivity index (χ1) is 13.9. The van der Waals surface area contributed by atoms with Gasteiger partial charge in [-0.2, -0.15) is 4.31 Å². The number of ether oxygens (including phenoxy) is 1. The van der Waals surface area contributed by atoms with E-state index >= 15 is 0 Å². The van der Waals surface area contributed by atoms with Crippen molar-refractivity contribution in [1.82, 2.24) is 19.6 Å². The quantitative estimate of drug-likeness (QED) is 0.764. The Morgan fingerprint density at radius 2 is 2.03 bits per heavy atom. The van der Waals surface area contributed by atoms with E-state index in [1.165, 1.54) is 22.9 Å². The smallest absolute Gasteiger partial charge is 0.271 e. The average Bonchev–Trinajstić information content (AvgIpc) is 3.12. The number of sulfonamides is 1. The molecular formula is C20H24N4O4S. The van der Waals surface area contributed by atoms with E-state index in [0.29, 0.717) is 31.1 Å². The lowest BCUT2D eigenvalue weighted by atomic mass is 9.80. The SMILES string of the molecule is Cc1ccc(S(=O)(=O)N2CC3(C2)OCC[C@H]3CCNC(=O)c2cnccn2)cc1. The van der Waals surface area contributed by atoms with Crippen molar-refractivity contribution < 1.29 is 17.9 Å². The van der Waals surface area contributed by atoms with Gasteiger partial charge in [-0.1, -0.05) is 17.7 Å². The molecule has 8 nitrogen and oxygen atoms in total. The van der Waals surface area contributed by atoms with Crippen molar-refractivity contribution in [1.29, 1.82) is 0 Å². The van der Waals surface area contributed by atoms with Crippen molar-refractivity contribution in [3.8, 4) is 0 Å². The highest BCUT2D eigenvalue weighted by molar-refractivity contribution is 7.89. The molecule has 3 heterocycles. The van der Waals surface area contributed by atoms with Gasteiger partial charge in [0, 0.05) is 38.6 Å². The second-order valence-electron chi connectivity index (χ2n) is 7.62. The predicted molar refractivity (Wildman–Crippen MR) is 106 cm³/mol. The molecule has 1 atom stereocenters. The molecule has 0 bridgehead atoms. The summed E-state index contributed by atoms with van der Waals surface area (Å²) in [5.41, 5.74) is 0.852. The van der Waals surface area contributed by atoms with Gasteiger partial charge in [0.1, 0.15) is 5.69 Å². The maximum Gasteiger partial charge on any atom is 0.271 e. The van der Waals surface area contributed by atoms with Gasteiger partial charge in [0.15, 0.2) is 0 Å². The summed E-state index contributed by atoms with van der Waals surface area (Å²) in [4.78, 5) is 20.3. The summed E-state index contributed by atoms with van der Waals surface area (Å²) in [6.45, 7) is 3.73. The number of nitrogens with one attached hydrogen (secondary N) is 1. The van der Waals surface area contributed by atoms with Crippen molar-refractivity contribution in [2.75, 3.05) is 26.2 Å². The molecule has 2 aromatic rings. The molecule has 0 radical (unpaired) electrons. The molecule has 2 aliphatic heterocycles. The number of nitrogens with zero attached hydrogens (tertiary/aromatic N) is 3. The standard InChI is InChI=1S/C20H24N4O4S/c1-15-2-4-17(5-3-15)29(26,27)24-13-20(14-24)16(7-11-28-20)6-8-23-19(25)18-12-21-9-10-22-18/h2-5,9-10,12,16H,6-8,11,13-14H2,1H3,(H,23,25)/t16-/m1/s1. The number of carbonyl (C=O) groups is 1. The number of aryl methyl sites for hydroxylation is 1. The zero-order chi connectivity index (χ0) is 20.5. The van der Waals surface area contributed by atoms with Crippen LogP contribution >= 0.6 is 0 Å². The summed E-state index contributed by atoms with van der Waals surface area (Å²) < 4.78 is 33.1. The van der Waals surface area contributed by atoms with Crippen molar-refractivity contribution >= 4 is 15.9 Å². The van der Waals surface area contributed by atoms with Crippen LogP contribution in [-0.4, -0.2) is 60.4 Å². The van der Waals surface area contributed by atoms with Crippen LogP contribution < -0.4 is 5.32 Å². The van der Waals surface area contributed by atoms with E-state index in [-0.39, 0.29) is 17.5 Å². The second kappa shape index (κ2) is 7.81. The van der Waals surface area contributed by atoms with Crippen LogP contribution in [0.15, 0.2) is 47.8 Å². The number of rotatable bonds is 6. The second-order valence-corrected chi connectivity index (χ2v) is 9.56. The molecule has 2 aliphatic rings. The van der Waals surface area contributed by atoms with Crippen molar-refractivity contribution in [2.45, 2.75) is 30.3 Å². The van der Waals surface area contributed by atoms with Crippen LogP contribution in [0.5, 0.6) is 0 Å². The molecule has 2 saturated heterocycles. The Kier molecular flexibility index (Phi) is 5.37. The van der Waals surface area contributed by atoms with Gasteiger partial charge in [-0.15, -0.1) is 0 Å². The molecule has 9 heteroatoms. The number of hydrogen-bond donors (Lipinski definition) is 1. The predicted octanol–water partition coefficient (Wildman–Crippen LogP) is 1.38. The summed E-state index contributed by atoms with van der Waals surface area (Å²) in [5.74, 6) is -0.0580. The van der Waals surface area contributed by atoms with Crippen LogP contribution in [0.2, 0.25) is 0 Å². The fraction of sp³-hybridized carbons (Fsp3) is 0.450. The van der Waals surface area contributed by atoms with Gasteiger partial charge in [0.25, 0.3) is 5.91 Å². The highest BCUT2D eigenvalue weighted by Crippen LogP contribution is 2.43. The van der Waals surface area contributed by atoms with Gasteiger partial charge in [-0.3, -0.25) is 9.78 Å². The Morgan fingerprint density at radius 1 is 1.28 bits per heavy atom. The Hall–Kier alpha value is -2.36. The molecule has 0 aliphatic carbocycles. The molecule has 154 valence electrons. The Bertz CT molecular complexity index is 973. The van der Waals surface area contributed by atoms with Gasteiger partial charge in [-0.05, 0) is 37.8 Å². The number of aromatic nitrogens is 2. The van der Waals surface area contributed by atoms with Crippen molar-refractivity contribution in [3.63, 3.8) is 0 Å². The lowest BCUT2D eigenvalue weighted by molar-refractivity contribution is -0.102. The van der Waals surface area contributed by atoms with Crippen LogP contribution in [0.3, 0.4) is 0 Å². The molecule has 1 amide bonds. The molecule has 29 heavy (non-hydrogen) atoms. The van der Waals surface area contributed by atoms with Crippen LogP contribution in [0.1, 0.15) is 28.9 Å². The van der Waals surface area contributed by atoms with Crippen molar-refractivity contribution in [2.24, 2.45) is 5.92 Å². The fourth-order valence-corrected chi connectivity index (χ4v) is 5.54. The summed E-state index contributed by atoms with van der Waals surface area (Å²) in [6.07, 6.45) is 6.01. The zero-order valence-electron chi connectivity index (χ0n) is 16.2. The highest BCUT2D eigenvalue weighted by Gasteiger charge is 2.56. The zero-order valence-corrected chi connectivity index (χ0v) is 17.1. The Labute approximate surface area is 170 Å². The monoisotopic (exact) mass is 416 g/mol. The summed E-state index contributed by atoms with van der Waals surface area (Å²) >= 11 is 0. The molecule has 2 fully saturated rings. The van der Waals surface area contributed by atoms with Gasteiger partial charge < -0.3 is 10.1 Å². The number of hydrogen-bond acceptors (Lipinski definition) is 6. The molecule has 0 saturated carbocycles. The minimum absolute atomic E-state index is 0.203. The van der Waals surface area contributed by atoms with E-state index in [2.05, 4.69) is 15.3 Å². The van der Waals surface area contributed by atoms with Gasteiger partial charge in [-0.25, -0.2) is 13.4 Å². The fourth-order valence-electron chi connectivity index (χ4n) is 3.99. The molecule has 1 aromatic carbocycles. The molecule has 1 aromatic heterocycles. The topological polar surface area (TPSA) is 101 Å². The maximum absolute atomic E-state index is 12.8. The molecule has 0 unspecified atom stereocenters. The van der Waals surface area contributed by atoms with E-state index in [9.17, 15) is 13.2 Å². The van der Waals surface area contributed by atoms with E-state index in [4.69, 9.17) is 4.74 Å². The van der Waals surface area contributed by atoms with Crippen LogP contribution in [0.25, 0.3) is 0 Å². The van der Waals surface area contributed by atoms with Gasteiger partial charge in [0.2, 0.25) is 10.0 Å². The Balaban J connectivity index is 1.33. The van der Waals surface area contributed by atoms with Crippen LogP contribution in [0.4, 0.5) is 0 Å². The minimum atomic E-state index is -3.51. The molecule has 4 rings (SSSR count). The van der Waals surface area contributed by atoms with Crippen molar-refractivity contribution in [3.05, 3.63) is 54.1 Å². The lowest BCUT2D eigenvalue weighted by Crippen LogP contribution is -2.66. The van der Waals surface area contributed by atoms with E-state index in [0.717, 1.165) is 18.4 Å². The van der Waals surface area contributed by atoms with Gasteiger partial charge in [0.05, 0.1) is 16.7 Å². The van der Waals surface area contributed by atoms with Gasteiger partial charge >= 0.3 is 0 Å². The number of amides is 1. The normalized spacial score (nSPS) is 21.1. The van der Waals surface area contributed by atoms with Crippen LogP contribution in [-0.2, 0) is 14.8 Å². The lowest BCUT2D eigenvalue weighted by Gasteiger charge is -2.49. The Morgan fingerprint density at radius 3 is 2.72 bits per heavy atom. The first-order valence-electron chi connectivity index (χ1n) is 9.66. The van der Waals surface area contributed by atoms with E-state index in [1.807, 2.05) is 6.92 Å². The third-order valence-corrected chi connectivity index (χ3v) is 7.53. The van der Waals surface area contributed by atoms with E-state index in [1.54, 1.807) is 24.3 Å². The average molecular weight is 417 g/mol. The molecule has 1 spiro atoms. The minimum Gasteiger partial charge on any atom is -0.372 e.